The van der Waals surface area contributed by atoms with Crippen LogP contribution in [-0.4, -0.2) is 57.6 Å². The Kier molecular flexibility index (Phi) is 15.1. The summed E-state index contributed by atoms with van der Waals surface area (Å²) in [5, 5.41) is 6.11. The Morgan fingerprint density at radius 3 is 1.32 bits per heavy atom. The van der Waals surface area contributed by atoms with E-state index < -0.39 is 80.0 Å². The highest BCUT2D eigenvalue weighted by Gasteiger charge is 2.24. The molecular weight excluding hydrogens is 1040 g/mol. The third-order valence-electron chi connectivity index (χ3n) is 11.9. The van der Waals surface area contributed by atoms with Crippen molar-refractivity contribution < 1.29 is 40.1 Å². The molecule has 0 saturated heterocycles. The second kappa shape index (κ2) is 22.0. The number of para-hydroxylation sites is 2. The van der Waals surface area contributed by atoms with E-state index >= 15 is 0 Å². The normalized spacial score (nSPS) is 11.5. The minimum atomic E-state index is -1.74. The molecule has 0 fully saturated rings. The van der Waals surface area contributed by atoms with Gasteiger partial charge in [0.15, 0.2) is 16.5 Å². The van der Waals surface area contributed by atoms with Gasteiger partial charge in [0, 0.05) is 62.8 Å². The minimum Gasteiger partial charge on any atom is -0.322 e. The van der Waals surface area contributed by atoms with Gasteiger partial charge in [0.2, 0.25) is 5.16 Å². The van der Waals surface area contributed by atoms with Gasteiger partial charge in [-0.25, -0.2) is 46.3 Å². The number of hydrogen-bond acceptors (Lipinski definition) is 10. The van der Waals surface area contributed by atoms with Gasteiger partial charge in [-0.2, -0.15) is 0 Å². The zero-order valence-corrected chi connectivity index (χ0v) is 42.3. The van der Waals surface area contributed by atoms with E-state index in [4.69, 9.17) is 0 Å². The van der Waals surface area contributed by atoms with E-state index in [1.807, 2.05) is 6.92 Å². The summed E-state index contributed by atoms with van der Waals surface area (Å²) in [5.41, 5.74) is 1.69. The second-order valence-electron chi connectivity index (χ2n) is 17.0. The summed E-state index contributed by atoms with van der Waals surface area (Å²) in [7, 11) is -1.74. The number of hydrogen-bond donors (Lipinski definition) is 2. The zero-order valence-electron chi connectivity index (χ0n) is 40.7. The smallest absolute Gasteiger partial charge is 0.256 e. The largest absolute Gasteiger partial charge is 0.322 e. The first-order valence-corrected chi connectivity index (χ1v) is 25.7. The van der Waals surface area contributed by atoms with E-state index in [1.165, 1.54) is 96.9 Å². The number of nitrogens with zero attached hydrogens (tertiary/aromatic N) is 6. The molecule has 2 amide bonds. The fourth-order valence-electron chi connectivity index (χ4n) is 8.17. The summed E-state index contributed by atoms with van der Waals surface area (Å²) < 4.78 is 99.7. The van der Waals surface area contributed by atoms with Gasteiger partial charge in [-0.3, -0.25) is 32.5 Å². The summed E-state index contributed by atoms with van der Waals surface area (Å²) in [6.07, 6.45) is 3.07. The molecule has 1 atom stereocenters. The van der Waals surface area contributed by atoms with Crippen molar-refractivity contribution in [3.05, 3.63) is 223 Å². The molecule has 4 heterocycles. The van der Waals surface area contributed by atoms with E-state index in [-0.39, 0.29) is 38.3 Å². The number of pyridine rings is 2. The summed E-state index contributed by atoms with van der Waals surface area (Å²) >= 11 is 1.19. The number of carbonyl (C=O) groups excluding carboxylic acids is 2. The zero-order chi connectivity index (χ0) is 54.8. The van der Waals surface area contributed by atoms with Gasteiger partial charge in [-0.05, 0) is 140 Å². The van der Waals surface area contributed by atoms with E-state index in [0.29, 0.717) is 44.7 Å². The number of rotatable bonds is 10. The number of benzene rings is 6. The number of nitrogens with one attached hydrogen (secondary N) is 2. The molecule has 2 N–H and O–H groups in total. The molecule has 4 aromatic heterocycles. The maximum absolute atomic E-state index is 14.8. The van der Waals surface area contributed by atoms with Gasteiger partial charge in [0.25, 0.3) is 22.9 Å². The van der Waals surface area contributed by atoms with E-state index in [2.05, 4.69) is 30.6 Å². The highest BCUT2D eigenvalue weighted by atomic mass is 32.2. The van der Waals surface area contributed by atoms with Crippen LogP contribution in [0.15, 0.2) is 165 Å². The number of carbonyl (C=O) groups is 2. The summed E-state index contributed by atoms with van der Waals surface area (Å²) in [4.78, 5) is 69.4. The standard InChI is InChI=1S/C28H19F3N4O3S.C28H19F3N4O2S/c1-15-6-7-16(27(37)32-18-10-8-17(29)9-11-18)14-20(15)24-19-12-13-23(36)35(25-21(30)4-3-5-22(25)31)26(19)34-28(33-24)39(2)38;1-15-6-7-16(27(37)32-18-10-8-17(29)9-11-18)14-20(15)24-19-12-13-23(36)35(26(19)34-28(33-24)38-2)25-21(30)4-3-5-22(25)31/h3-14H,1-2H3,(H,32,37);3-14H,1-2H3,(H,32,37). The first kappa shape index (κ1) is 52.8. The number of aromatic nitrogens is 6. The molecule has 77 heavy (non-hydrogen) atoms. The van der Waals surface area contributed by atoms with Crippen LogP contribution in [0.25, 0.3) is 56.0 Å². The Hall–Kier alpha value is -9.08. The molecule has 0 spiro atoms. The predicted octanol–water partition coefficient (Wildman–Crippen LogP) is 11.3. The van der Waals surface area contributed by atoms with Gasteiger partial charge in [0.05, 0.1) is 22.2 Å². The third kappa shape index (κ3) is 10.9. The Morgan fingerprint density at radius 2 is 0.922 bits per heavy atom. The fourth-order valence-corrected chi connectivity index (χ4v) is 8.96. The van der Waals surface area contributed by atoms with Gasteiger partial charge >= 0.3 is 0 Å². The Balaban J connectivity index is 0.000000188. The average Bonchev–Trinajstić information content (AvgIpc) is 3.45. The number of aryl methyl sites for hydroxylation is 2. The number of halogens is 6. The van der Waals surface area contributed by atoms with Crippen molar-refractivity contribution in [1.29, 1.82) is 0 Å². The molecule has 0 aliphatic rings. The molecule has 1 unspecified atom stereocenters. The van der Waals surface area contributed by atoms with Crippen LogP contribution in [0, 0.1) is 48.8 Å². The van der Waals surface area contributed by atoms with E-state index in [9.17, 15) is 49.7 Å². The molecule has 0 aliphatic carbocycles. The molecule has 10 rings (SSSR count). The highest BCUT2D eigenvalue weighted by Crippen LogP contribution is 2.34. The predicted molar refractivity (Wildman–Crippen MR) is 283 cm³/mol. The number of amides is 2. The minimum absolute atomic E-state index is 0.0245. The molecule has 6 aromatic carbocycles. The number of fused-ring (bicyclic) bond motifs is 2. The Labute approximate surface area is 439 Å². The molecule has 386 valence electrons. The first-order chi connectivity index (χ1) is 36.9. The first-order valence-electron chi connectivity index (χ1n) is 22.9. The molecule has 21 heteroatoms. The van der Waals surface area contributed by atoms with Crippen molar-refractivity contribution in [2.24, 2.45) is 0 Å². The van der Waals surface area contributed by atoms with Crippen LogP contribution in [0.4, 0.5) is 37.7 Å². The summed E-state index contributed by atoms with van der Waals surface area (Å²) in [6, 6.07) is 32.3. The van der Waals surface area contributed by atoms with Gasteiger partial charge in [-0.15, -0.1) is 0 Å². The Morgan fingerprint density at radius 1 is 0.519 bits per heavy atom. The topological polar surface area (TPSA) is 171 Å². The second-order valence-corrected chi connectivity index (χ2v) is 19.0. The van der Waals surface area contributed by atoms with Crippen LogP contribution >= 0.6 is 11.8 Å². The quantitative estimate of drug-likeness (QED) is 0.0763. The van der Waals surface area contributed by atoms with Gasteiger partial charge in [-0.1, -0.05) is 36.0 Å². The molecular formula is C56H38F6N8O5S2. The van der Waals surface area contributed by atoms with Crippen LogP contribution in [0.3, 0.4) is 0 Å². The van der Waals surface area contributed by atoms with Crippen LogP contribution in [0.2, 0.25) is 0 Å². The van der Waals surface area contributed by atoms with Crippen molar-refractivity contribution in [2.75, 3.05) is 23.1 Å². The Bertz CT molecular complexity index is 4120. The van der Waals surface area contributed by atoms with Crippen molar-refractivity contribution >= 4 is 67.8 Å². The lowest BCUT2D eigenvalue weighted by Gasteiger charge is -2.15. The highest BCUT2D eigenvalue weighted by molar-refractivity contribution is 7.98. The maximum atomic E-state index is 14.8. The average molecular weight is 1080 g/mol. The van der Waals surface area contributed by atoms with Gasteiger partial charge < -0.3 is 10.6 Å². The lowest BCUT2D eigenvalue weighted by atomic mass is 9.99. The van der Waals surface area contributed by atoms with Crippen LogP contribution in [0.5, 0.6) is 0 Å². The molecule has 13 nitrogen and oxygen atoms in total. The fraction of sp³-hybridized carbons (Fsp3) is 0.0714. The SMILES string of the molecule is CSc1nc(-c2cc(C(=O)Nc3ccc(F)cc3)ccc2C)c2ccc(=O)n(-c3c(F)cccc3F)c2n1.Cc1ccc(C(=O)Nc2ccc(F)cc2)cc1-c1nc(S(C)=O)nc2c1ccc(=O)n2-c1c(F)cccc1F. The monoisotopic (exact) mass is 1080 g/mol. The van der Waals surface area contributed by atoms with Crippen molar-refractivity contribution in [1.82, 2.24) is 29.1 Å². The molecule has 10 aromatic rings. The third-order valence-corrected chi connectivity index (χ3v) is 13.2. The lowest BCUT2D eigenvalue weighted by molar-refractivity contribution is 0.101. The van der Waals surface area contributed by atoms with E-state index in [0.717, 1.165) is 45.0 Å². The maximum Gasteiger partial charge on any atom is 0.256 e. The lowest BCUT2D eigenvalue weighted by Crippen LogP contribution is -2.21. The number of thioether (sulfide) groups is 1. The molecule has 0 saturated carbocycles. The van der Waals surface area contributed by atoms with E-state index in [1.54, 1.807) is 49.6 Å². The molecule has 0 aliphatic heterocycles. The molecule has 0 bridgehead atoms. The van der Waals surface area contributed by atoms with Crippen LogP contribution in [-0.2, 0) is 10.8 Å². The van der Waals surface area contributed by atoms with Crippen LogP contribution in [0.1, 0.15) is 31.8 Å². The summed E-state index contributed by atoms with van der Waals surface area (Å²) in [5.74, 6) is -5.58. The van der Waals surface area contributed by atoms with Crippen molar-refractivity contribution in [3.63, 3.8) is 0 Å². The van der Waals surface area contributed by atoms with Crippen LogP contribution < -0.4 is 21.8 Å². The number of anilines is 2. The molecule has 0 radical (unpaired) electrons. The van der Waals surface area contributed by atoms with Gasteiger partial charge in [0.1, 0.15) is 46.3 Å². The van der Waals surface area contributed by atoms with Crippen molar-refractivity contribution in [3.8, 4) is 33.9 Å². The summed E-state index contributed by atoms with van der Waals surface area (Å²) in [6.45, 7) is 3.59. The van der Waals surface area contributed by atoms with Crippen molar-refractivity contribution in [2.45, 2.75) is 24.2 Å².